The van der Waals surface area contributed by atoms with Gasteiger partial charge in [-0.3, -0.25) is 0 Å². The number of hydrogen-bond donors (Lipinski definition) is 0. The summed E-state index contributed by atoms with van der Waals surface area (Å²) in [6, 6.07) is 10.2. The first-order valence-electron chi connectivity index (χ1n) is 4.86. The summed E-state index contributed by atoms with van der Waals surface area (Å²) in [5.74, 6) is 1.03. The fourth-order valence-electron chi connectivity index (χ4n) is 1.43. The van der Waals surface area contributed by atoms with Crippen LogP contribution >= 0.6 is 23.4 Å². The highest BCUT2D eigenvalue weighted by Crippen LogP contribution is 2.19. The highest BCUT2D eigenvalue weighted by atomic mass is 35.5. The molecule has 0 aliphatic carbocycles. The molecule has 0 saturated carbocycles. The van der Waals surface area contributed by atoms with E-state index in [-0.39, 0.29) is 5.28 Å². The van der Waals surface area contributed by atoms with Crippen LogP contribution < -0.4 is 0 Å². The molecule has 0 atom stereocenters. The largest absolute Gasteiger partial charge is 0.226 e. The van der Waals surface area contributed by atoms with Crippen LogP contribution in [0.2, 0.25) is 5.28 Å². The van der Waals surface area contributed by atoms with E-state index < -0.39 is 0 Å². The summed E-state index contributed by atoms with van der Waals surface area (Å²) in [7, 11) is 0. The molecule has 1 aromatic heterocycles. The molecular weight excluding hydrogens is 240 g/mol. The van der Waals surface area contributed by atoms with E-state index >= 15 is 0 Å². The highest BCUT2D eigenvalue weighted by Gasteiger charge is 2.00. The average Bonchev–Trinajstić information content (AvgIpc) is 2.30. The van der Waals surface area contributed by atoms with Crippen molar-refractivity contribution in [2.45, 2.75) is 5.75 Å². The van der Waals surface area contributed by atoms with Crippen molar-refractivity contribution in [3.63, 3.8) is 0 Å². The molecule has 2 rings (SSSR count). The Labute approximate surface area is 104 Å². The number of thioether (sulfide) groups is 1. The minimum atomic E-state index is 0.283. The summed E-state index contributed by atoms with van der Waals surface area (Å²) in [6.07, 6.45) is 3.76. The van der Waals surface area contributed by atoms with Gasteiger partial charge in [0.25, 0.3) is 0 Å². The van der Waals surface area contributed by atoms with Crippen molar-refractivity contribution < 1.29 is 0 Å². The van der Waals surface area contributed by atoms with Crippen molar-refractivity contribution in [1.29, 1.82) is 0 Å². The molecule has 0 bridgehead atoms. The Morgan fingerprint density at radius 1 is 1.19 bits per heavy atom. The Balaban J connectivity index is 2.27. The van der Waals surface area contributed by atoms with E-state index in [9.17, 15) is 0 Å². The standard InChI is InChI=1S/C12H11ClN2S/c1-16-8-9-2-4-10(5-3-9)11-6-7-14-12(13)15-11/h2-7H,8H2,1H3. The molecule has 0 aliphatic rings. The molecule has 2 aromatic rings. The zero-order chi connectivity index (χ0) is 11.4. The summed E-state index contributed by atoms with van der Waals surface area (Å²) in [6.45, 7) is 0. The van der Waals surface area contributed by atoms with Crippen LogP contribution in [0.5, 0.6) is 0 Å². The second-order valence-corrected chi connectivity index (χ2v) is 4.54. The summed E-state index contributed by atoms with van der Waals surface area (Å²) < 4.78 is 0. The molecule has 82 valence electrons. The van der Waals surface area contributed by atoms with E-state index in [4.69, 9.17) is 11.6 Å². The number of nitrogens with zero attached hydrogens (tertiary/aromatic N) is 2. The number of rotatable bonds is 3. The van der Waals surface area contributed by atoms with E-state index in [0.29, 0.717) is 0 Å². The zero-order valence-corrected chi connectivity index (χ0v) is 10.4. The monoisotopic (exact) mass is 250 g/mol. The molecule has 1 aromatic carbocycles. The maximum Gasteiger partial charge on any atom is 0.222 e. The highest BCUT2D eigenvalue weighted by molar-refractivity contribution is 7.97. The number of halogens is 1. The summed E-state index contributed by atoms with van der Waals surface area (Å²) in [5, 5.41) is 0.283. The van der Waals surface area contributed by atoms with Gasteiger partial charge in [0.15, 0.2) is 0 Å². The van der Waals surface area contributed by atoms with Gasteiger partial charge in [0.1, 0.15) is 0 Å². The Morgan fingerprint density at radius 3 is 2.56 bits per heavy atom. The molecule has 0 N–H and O–H groups in total. The molecule has 1 heterocycles. The minimum absolute atomic E-state index is 0.283. The van der Waals surface area contributed by atoms with Crippen LogP contribution in [-0.4, -0.2) is 16.2 Å². The van der Waals surface area contributed by atoms with Crippen LogP contribution in [0.3, 0.4) is 0 Å². The van der Waals surface area contributed by atoms with Gasteiger partial charge in [-0.25, -0.2) is 9.97 Å². The molecule has 0 radical (unpaired) electrons. The predicted molar refractivity (Wildman–Crippen MR) is 69.7 cm³/mol. The van der Waals surface area contributed by atoms with Gasteiger partial charge < -0.3 is 0 Å². The fraction of sp³-hybridized carbons (Fsp3) is 0.167. The summed E-state index contributed by atoms with van der Waals surface area (Å²) >= 11 is 7.56. The zero-order valence-electron chi connectivity index (χ0n) is 8.85. The van der Waals surface area contributed by atoms with Gasteiger partial charge in [0.05, 0.1) is 5.69 Å². The van der Waals surface area contributed by atoms with E-state index in [0.717, 1.165) is 17.0 Å². The van der Waals surface area contributed by atoms with Gasteiger partial charge in [-0.05, 0) is 29.5 Å². The smallest absolute Gasteiger partial charge is 0.222 e. The van der Waals surface area contributed by atoms with Crippen molar-refractivity contribution in [3.05, 3.63) is 47.4 Å². The summed E-state index contributed by atoms with van der Waals surface area (Å²) in [5.41, 5.74) is 3.24. The molecule has 4 heteroatoms. The van der Waals surface area contributed by atoms with Crippen LogP contribution in [0.15, 0.2) is 36.5 Å². The second kappa shape index (κ2) is 5.32. The van der Waals surface area contributed by atoms with Gasteiger partial charge >= 0.3 is 0 Å². The van der Waals surface area contributed by atoms with E-state index in [1.165, 1.54) is 5.56 Å². The average molecular weight is 251 g/mol. The molecule has 0 aliphatic heterocycles. The lowest BCUT2D eigenvalue weighted by Gasteiger charge is -2.02. The normalized spacial score (nSPS) is 10.4. The van der Waals surface area contributed by atoms with Gasteiger partial charge in [-0.1, -0.05) is 24.3 Å². The van der Waals surface area contributed by atoms with Crippen LogP contribution in [0, 0.1) is 0 Å². The molecule has 2 nitrogen and oxygen atoms in total. The Kier molecular flexibility index (Phi) is 3.80. The molecular formula is C12H11ClN2S. The van der Waals surface area contributed by atoms with Gasteiger partial charge in [0, 0.05) is 17.5 Å². The third-order valence-electron chi connectivity index (χ3n) is 2.19. The first-order valence-corrected chi connectivity index (χ1v) is 6.63. The van der Waals surface area contributed by atoms with Crippen molar-refractivity contribution in [1.82, 2.24) is 9.97 Å². The van der Waals surface area contributed by atoms with Crippen LogP contribution in [0.25, 0.3) is 11.3 Å². The third-order valence-corrected chi connectivity index (χ3v) is 2.99. The molecule has 16 heavy (non-hydrogen) atoms. The van der Waals surface area contributed by atoms with Crippen molar-refractivity contribution in [2.75, 3.05) is 6.26 Å². The first-order chi connectivity index (χ1) is 7.79. The third kappa shape index (κ3) is 2.74. The van der Waals surface area contributed by atoms with Crippen molar-refractivity contribution in [3.8, 4) is 11.3 Å². The van der Waals surface area contributed by atoms with E-state index in [2.05, 4.69) is 40.5 Å². The SMILES string of the molecule is CSCc1ccc(-c2ccnc(Cl)n2)cc1. The maximum atomic E-state index is 5.75. The lowest BCUT2D eigenvalue weighted by atomic mass is 10.1. The molecule has 0 unspecified atom stereocenters. The minimum Gasteiger partial charge on any atom is -0.226 e. The molecule has 0 amide bonds. The number of aromatic nitrogens is 2. The van der Waals surface area contributed by atoms with Crippen LogP contribution in [-0.2, 0) is 5.75 Å². The molecule has 0 saturated heterocycles. The predicted octanol–water partition coefficient (Wildman–Crippen LogP) is 3.66. The Morgan fingerprint density at radius 2 is 1.94 bits per heavy atom. The fourth-order valence-corrected chi connectivity index (χ4v) is 2.11. The second-order valence-electron chi connectivity index (χ2n) is 3.34. The van der Waals surface area contributed by atoms with Crippen LogP contribution in [0.1, 0.15) is 5.56 Å². The number of hydrogen-bond acceptors (Lipinski definition) is 3. The Bertz CT molecular complexity index is 471. The first kappa shape index (κ1) is 11.4. The lowest BCUT2D eigenvalue weighted by Crippen LogP contribution is -1.87. The topological polar surface area (TPSA) is 25.8 Å². The molecule has 0 spiro atoms. The maximum absolute atomic E-state index is 5.75. The Hall–Kier alpha value is -1.06. The van der Waals surface area contributed by atoms with E-state index in [1.807, 2.05) is 17.8 Å². The van der Waals surface area contributed by atoms with Gasteiger partial charge in [-0.15, -0.1) is 0 Å². The number of benzene rings is 1. The molecule has 0 fully saturated rings. The lowest BCUT2D eigenvalue weighted by molar-refractivity contribution is 1.17. The van der Waals surface area contributed by atoms with Crippen molar-refractivity contribution in [2.24, 2.45) is 0 Å². The van der Waals surface area contributed by atoms with E-state index in [1.54, 1.807) is 6.20 Å². The summed E-state index contributed by atoms with van der Waals surface area (Å²) in [4.78, 5) is 8.03. The van der Waals surface area contributed by atoms with Gasteiger partial charge in [0.2, 0.25) is 5.28 Å². The quantitative estimate of drug-likeness (QED) is 0.778. The van der Waals surface area contributed by atoms with Gasteiger partial charge in [-0.2, -0.15) is 11.8 Å². The van der Waals surface area contributed by atoms with Crippen LogP contribution in [0.4, 0.5) is 0 Å². The van der Waals surface area contributed by atoms with Crippen molar-refractivity contribution >= 4 is 23.4 Å².